The fourth-order valence-corrected chi connectivity index (χ4v) is 3.07. The Balaban J connectivity index is 1.70. The molecule has 2 aliphatic heterocycles. The maximum atomic E-state index is 11.8. The lowest BCUT2D eigenvalue weighted by molar-refractivity contribution is -0.116. The molecule has 4 rings (SSSR count). The van der Waals surface area contributed by atoms with Crippen molar-refractivity contribution in [3.63, 3.8) is 0 Å². The van der Waals surface area contributed by atoms with E-state index in [1.807, 2.05) is 32.9 Å². The van der Waals surface area contributed by atoms with E-state index in [1.165, 1.54) is 0 Å². The number of benzene rings is 1. The molecule has 1 aromatic heterocycles. The summed E-state index contributed by atoms with van der Waals surface area (Å²) in [5, 5.41) is 18.1. The van der Waals surface area contributed by atoms with Crippen LogP contribution in [0.25, 0.3) is 0 Å². The quantitative estimate of drug-likeness (QED) is 0.754. The molecule has 2 aliphatic rings. The van der Waals surface area contributed by atoms with Crippen LogP contribution in [0.1, 0.15) is 41.5 Å². The number of hydrogen-bond donors (Lipinski definition) is 3. The van der Waals surface area contributed by atoms with E-state index in [4.69, 9.17) is 0 Å². The van der Waals surface area contributed by atoms with Crippen LogP contribution in [0.3, 0.4) is 0 Å². The smallest absolute Gasteiger partial charge is 0.231 e. The molecule has 6 nitrogen and oxygen atoms in total. The van der Waals surface area contributed by atoms with E-state index in [1.54, 1.807) is 0 Å². The number of amides is 1. The summed E-state index contributed by atoms with van der Waals surface area (Å²) in [6.45, 7) is 5.81. The summed E-state index contributed by atoms with van der Waals surface area (Å²) < 4.78 is 0. The third-order valence-corrected chi connectivity index (χ3v) is 4.36. The molecule has 0 aliphatic carbocycles. The molecule has 0 saturated carbocycles. The van der Waals surface area contributed by atoms with Gasteiger partial charge in [-0.2, -0.15) is 10.2 Å². The van der Waals surface area contributed by atoms with Crippen molar-refractivity contribution in [2.45, 2.75) is 32.9 Å². The molecule has 2 atom stereocenters. The summed E-state index contributed by atoms with van der Waals surface area (Å²) in [6.07, 6.45) is -0.0299. The highest BCUT2D eigenvalue weighted by Gasteiger charge is 2.31. The van der Waals surface area contributed by atoms with Crippen LogP contribution in [0.5, 0.6) is 0 Å². The molecular weight excluding hydrogens is 278 g/mol. The van der Waals surface area contributed by atoms with Crippen molar-refractivity contribution in [1.29, 1.82) is 0 Å². The Labute approximate surface area is 128 Å². The minimum atomic E-state index is -0.104. The van der Waals surface area contributed by atoms with Crippen LogP contribution >= 0.6 is 0 Å². The zero-order chi connectivity index (χ0) is 15.4. The Kier molecular flexibility index (Phi) is 2.63. The Bertz CT molecular complexity index is 801. The summed E-state index contributed by atoms with van der Waals surface area (Å²) in [4.78, 5) is 11.8. The highest BCUT2D eigenvalue weighted by molar-refractivity contribution is 6.04. The Morgan fingerprint density at radius 3 is 2.45 bits per heavy atom. The van der Waals surface area contributed by atoms with Gasteiger partial charge in [-0.3, -0.25) is 4.79 Å². The second-order valence-corrected chi connectivity index (χ2v) is 5.94. The highest BCUT2D eigenvalue weighted by Crippen LogP contribution is 2.43. The Morgan fingerprint density at radius 2 is 1.68 bits per heavy atom. The molecule has 2 unspecified atom stereocenters. The third-order valence-electron chi connectivity index (χ3n) is 4.36. The summed E-state index contributed by atoms with van der Waals surface area (Å²) in [5.74, 6) is -0.0484. The monoisotopic (exact) mass is 295 g/mol. The van der Waals surface area contributed by atoms with E-state index in [9.17, 15) is 4.79 Å². The number of aryl methyl sites for hydroxylation is 2. The minimum Gasteiger partial charge on any atom is -0.360 e. The number of nitrogens with one attached hydrogen (secondary N) is 3. The number of aromatic nitrogens is 2. The van der Waals surface area contributed by atoms with Gasteiger partial charge in [0.2, 0.25) is 5.91 Å². The predicted molar refractivity (Wildman–Crippen MR) is 85.0 cm³/mol. The molecule has 3 heterocycles. The van der Waals surface area contributed by atoms with Gasteiger partial charge in [-0.05, 0) is 44.5 Å². The molecule has 22 heavy (non-hydrogen) atoms. The van der Waals surface area contributed by atoms with Gasteiger partial charge in [-0.25, -0.2) is 0 Å². The highest BCUT2D eigenvalue weighted by atomic mass is 16.2. The molecule has 1 aromatic carbocycles. The lowest BCUT2D eigenvalue weighted by Crippen LogP contribution is -2.15. The first-order chi connectivity index (χ1) is 10.5. The standard InChI is InChI=1S/C16H17N5O/c1-7-4-11(9(3)21-20-7)15-17-13-5-10-8(2)16(22)19-12(10)6-14(13)18-15/h4-6,8,15,17-18H,1-3H3,(H,19,22). The van der Waals surface area contributed by atoms with E-state index in [2.05, 4.69) is 32.2 Å². The molecule has 0 fully saturated rings. The van der Waals surface area contributed by atoms with Crippen molar-refractivity contribution in [2.75, 3.05) is 16.0 Å². The first-order valence-electron chi connectivity index (χ1n) is 7.35. The van der Waals surface area contributed by atoms with E-state index in [0.717, 1.165) is 39.6 Å². The second kappa shape index (κ2) is 4.43. The van der Waals surface area contributed by atoms with Crippen LogP contribution in [0.2, 0.25) is 0 Å². The average molecular weight is 295 g/mol. The number of hydrogen-bond acceptors (Lipinski definition) is 5. The molecular formula is C16H17N5O. The molecule has 1 amide bonds. The van der Waals surface area contributed by atoms with E-state index < -0.39 is 0 Å². The van der Waals surface area contributed by atoms with Gasteiger partial charge in [0, 0.05) is 11.3 Å². The van der Waals surface area contributed by atoms with Crippen LogP contribution in [0, 0.1) is 13.8 Å². The van der Waals surface area contributed by atoms with E-state index in [-0.39, 0.29) is 18.0 Å². The summed E-state index contributed by atoms with van der Waals surface area (Å²) in [6, 6.07) is 6.09. The maximum absolute atomic E-state index is 11.8. The zero-order valence-electron chi connectivity index (χ0n) is 12.7. The van der Waals surface area contributed by atoms with Gasteiger partial charge in [-0.1, -0.05) is 0 Å². The fraction of sp³-hybridized carbons (Fsp3) is 0.312. The molecule has 2 aromatic rings. The molecule has 0 saturated heterocycles. The van der Waals surface area contributed by atoms with Crippen molar-refractivity contribution in [1.82, 2.24) is 10.2 Å². The molecule has 112 valence electrons. The summed E-state index contributed by atoms with van der Waals surface area (Å²) >= 11 is 0. The largest absolute Gasteiger partial charge is 0.360 e. The van der Waals surface area contributed by atoms with Gasteiger partial charge in [0.25, 0.3) is 0 Å². The van der Waals surface area contributed by atoms with Gasteiger partial charge in [-0.15, -0.1) is 0 Å². The first-order valence-corrected chi connectivity index (χ1v) is 7.35. The van der Waals surface area contributed by atoms with Crippen LogP contribution in [-0.4, -0.2) is 16.1 Å². The van der Waals surface area contributed by atoms with Crippen molar-refractivity contribution in [3.8, 4) is 0 Å². The molecule has 0 bridgehead atoms. The topological polar surface area (TPSA) is 78.9 Å². The van der Waals surface area contributed by atoms with Crippen LogP contribution < -0.4 is 16.0 Å². The number of carbonyl (C=O) groups excluding carboxylic acids is 1. The molecule has 0 spiro atoms. The van der Waals surface area contributed by atoms with Crippen LogP contribution in [-0.2, 0) is 4.79 Å². The minimum absolute atomic E-state index is 0.0299. The molecule has 6 heteroatoms. The van der Waals surface area contributed by atoms with Gasteiger partial charge in [0.05, 0.1) is 28.7 Å². The van der Waals surface area contributed by atoms with Crippen LogP contribution in [0.15, 0.2) is 18.2 Å². The fourth-order valence-electron chi connectivity index (χ4n) is 3.07. The number of anilines is 3. The number of fused-ring (bicyclic) bond motifs is 2. The van der Waals surface area contributed by atoms with Gasteiger partial charge >= 0.3 is 0 Å². The van der Waals surface area contributed by atoms with Gasteiger partial charge in [0.15, 0.2) is 0 Å². The normalized spacial score (nSPS) is 21.7. The number of nitrogens with zero attached hydrogens (tertiary/aromatic N) is 2. The Hall–Kier alpha value is -2.63. The van der Waals surface area contributed by atoms with Crippen molar-refractivity contribution < 1.29 is 4.79 Å². The third kappa shape index (κ3) is 1.83. The SMILES string of the molecule is Cc1cc(C2Nc3cc4c(cc3N2)C(C)C(=O)N4)c(C)nn1. The van der Waals surface area contributed by atoms with Gasteiger partial charge < -0.3 is 16.0 Å². The zero-order valence-corrected chi connectivity index (χ0v) is 12.7. The summed E-state index contributed by atoms with van der Waals surface area (Å²) in [7, 11) is 0. The lowest BCUT2D eigenvalue weighted by Gasteiger charge is -2.14. The first kappa shape index (κ1) is 13.1. The van der Waals surface area contributed by atoms with Crippen molar-refractivity contribution in [3.05, 3.63) is 40.7 Å². The Morgan fingerprint density at radius 1 is 0.955 bits per heavy atom. The average Bonchev–Trinajstić information content (AvgIpc) is 3.01. The number of carbonyl (C=O) groups is 1. The maximum Gasteiger partial charge on any atom is 0.231 e. The lowest BCUT2D eigenvalue weighted by atomic mass is 10.0. The van der Waals surface area contributed by atoms with E-state index >= 15 is 0 Å². The molecule has 3 N–H and O–H groups in total. The molecule has 0 radical (unpaired) electrons. The predicted octanol–water partition coefficient (Wildman–Crippen LogP) is 2.69. The summed E-state index contributed by atoms with van der Waals surface area (Å²) in [5.41, 5.74) is 6.82. The van der Waals surface area contributed by atoms with Gasteiger partial charge in [0.1, 0.15) is 6.17 Å². The second-order valence-electron chi connectivity index (χ2n) is 5.94. The van der Waals surface area contributed by atoms with Crippen molar-refractivity contribution in [2.24, 2.45) is 0 Å². The number of rotatable bonds is 1. The van der Waals surface area contributed by atoms with Crippen molar-refractivity contribution >= 4 is 23.0 Å². The van der Waals surface area contributed by atoms with E-state index in [0.29, 0.717) is 0 Å². The van der Waals surface area contributed by atoms with Crippen LogP contribution in [0.4, 0.5) is 17.1 Å².